The van der Waals surface area contributed by atoms with Crippen molar-refractivity contribution in [2.24, 2.45) is 11.8 Å². The fourth-order valence-electron chi connectivity index (χ4n) is 5.66. The Morgan fingerprint density at radius 1 is 1.12 bits per heavy atom. The van der Waals surface area contributed by atoms with Crippen molar-refractivity contribution < 1.29 is 4.39 Å². The summed E-state index contributed by atoms with van der Waals surface area (Å²) < 4.78 is 15.5. The van der Waals surface area contributed by atoms with Gasteiger partial charge in [-0.05, 0) is 52.8 Å². The van der Waals surface area contributed by atoms with E-state index < -0.39 is 5.41 Å². The molecule has 3 aromatic rings. The molecule has 0 N–H and O–H groups in total. The normalized spacial score (nSPS) is 20.4. The molecule has 0 radical (unpaired) electrons. The van der Waals surface area contributed by atoms with Gasteiger partial charge in [-0.1, -0.05) is 88.4 Å². The maximum Gasteiger partial charge on any atom is 0.123 e. The zero-order valence-electron chi connectivity index (χ0n) is 19.3. The molecule has 0 spiro atoms. The first-order valence-corrected chi connectivity index (χ1v) is 11.7. The molecule has 1 nitrogen and oxygen atoms in total. The van der Waals surface area contributed by atoms with Crippen LogP contribution >= 0.6 is 0 Å². The standard InChI is InChI=1S/C30H30FN/c1-5-6-11-19(2)21-16-17-25(31)28-27(21)29-26-22(14-10-15-24(26)30(28,3)4)23(18-32-29)20-12-8-7-9-13-20/h6-15,17-19,21H,5,16H2,1-4H3. The molecule has 1 heterocycles. The number of allylic oxidation sites excluding steroid dienone is 6. The molecule has 0 saturated heterocycles. The molecular formula is C30H30FN. The molecule has 2 heteroatoms. The number of hydrogen-bond donors (Lipinski definition) is 0. The van der Waals surface area contributed by atoms with Gasteiger partial charge in [0.25, 0.3) is 0 Å². The number of hydrogen-bond acceptors (Lipinski definition) is 1. The van der Waals surface area contributed by atoms with Gasteiger partial charge in [0.2, 0.25) is 0 Å². The number of rotatable bonds is 4. The molecule has 1 aromatic heterocycles. The molecular weight excluding hydrogens is 393 g/mol. The highest BCUT2D eigenvalue weighted by Gasteiger charge is 2.43. The first kappa shape index (κ1) is 20.9. The molecule has 0 bridgehead atoms. The fourth-order valence-corrected chi connectivity index (χ4v) is 5.66. The third-order valence-corrected chi connectivity index (χ3v) is 7.29. The van der Waals surface area contributed by atoms with Crippen LogP contribution in [0, 0.1) is 11.8 Å². The van der Waals surface area contributed by atoms with Gasteiger partial charge in [-0.2, -0.15) is 0 Å². The van der Waals surface area contributed by atoms with Crippen molar-refractivity contribution in [3.8, 4) is 11.1 Å². The Labute approximate surface area is 190 Å². The highest BCUT2D eigenvalue weighted by atomic mass is 19.1. The summed E-state index contributed by atoms with van der Waals surface area (Å²) in [6.45, 7) is 8.73. The monoisotopic (exact) mass is 423 g/mol. The van der Waals surface area contributed by atoms with Gasteiger partial charge in [0.1, 0.15) is 5.83 Å². The van der Waals surface area contributed by atoms with Crippen LogP contribution in [0.15, 0.2) is 84.4 Å². The van der Waals surface area contributed by atoms with Crippen LogP contribution in [0.5, 0.6) is 0 Å². The Morgan fingerprint density at radius 2 is 1.91 bits per heavy atom. The van der Waals surface area contributed by atoms with Crippen LogP contribution in [0.4, 0.5) is 4.39 Å². The molecule has 0 saturated carbocycles. The number of pyridine rings is 1. The zero-order chi connectivity index (χ0) is 22.5. The zero-order valence-corrected chi connectivity index (χ0v) is 19.3. The second kappa shape index (κ2) is 7.85. The second-order valence-electron chi connectivity index (χ2n) is 9.62. The van der Waals surface area contributed by atoms with Gasteiger partial charge in [0.05, 0.1) is 5.69 Å². The van der Waals surface area contributed by atoms with Crippen LogP contribution in [0.2, 0.25) is 0 Å². The van der Waals surface area contributed by atoms with Crippen molar-refractivity contribution in [1.82, 2.24) is 4.98 Å². The van der Waals surface area contributed by atoms with Gasteiger partial charge in [0, 0.05) is 28.1 Å². The summed E-state index contributed by atoms with van der Waals surface area (Å²) in [4.78, 5) is 5.04. The van der Waals surface area contributed by atoms with E-state index in [-0.39, 0.29) is 11.7 Å². The highest BCUT2D eigenvalue weighted by Crippen LogP contribution is 2.55. The quantitative estimate of drug-likeness (QED) is 0.384. The van der Waals surface area contributed by atoms with Crippen molar-refractivity contribution in [2.45, 2.75) is 46.0 Å². The minimum Gasteiger partial charge on any atom is -0.255 e. The number of fused-ring (bicyclic) bond motifs is 1. The molecule has 5 rings (SSSR count). The van der Waals surface area contributed by atoms with E-state index in [1.54, 1.807) is 6.08 Å². The average molecular weight is 424 g/mol. The largest absolute Gasteiger partial charge is 0.255 e. The summed E-state index contributed by atoms with van der Waals surface area (Å²) >= 11 is 0. The molecule has 0 amide bonds. The van der Waals surface area contributed by atoms with Gasteiger partial charge in [0.15, 0.2) is 0 Å². The first-order valence-electron chi connectivity index (χ1n) is 11.7. The minimum absolute atomic E-state index is 0.0792. The lowest BCUT2D eigenvalue weighted by molar-refractivity contribution is 0.478. The number of halogens is 1. The first-order chi connectivity index (χ1) is 15.4. The smallest absolute Gasteiger partial charge is 0.123 e. The molecule has 2 atom stereocenters. The van der Waals surface area contributed by atoms with Crippen LogP contribution in [0.25, 0.3) is 27.5 Å². The third-order valence-electron chi connectivity index (χ3n) is 7.29. The molecule has 2 aliphatic carbocycles. The van der Waals surface area contributed by atoms with E-state index in [9.17, 15) is 0 Å². The molecule has 2 unspecified atom stereocenters. The Morgan fingerprint density at radius 3 is 2.66 bits per heavy atom. The van der Waals surface area contributed by atoms with Crippen molar-refractivity contribution >= 4 is 16.3 Å². The van der Waals surface area contributed by atoms with E-state index in [2.05, 4.69) is 82.3 Å². The van der Waals surface area contributed by atoms with Crippen LogP contribution in [-0.4, -0.2) is 4.98 Å². The fraction of sp³-hybridized carbons (Fsp3) is 0.300. The van der Waals surface area contributed by atoms with E-state index in [0.29, 0.717) is 12.3 Å². The Balaban J connectivity index is 1.82. The summed E-state index contributed by atoms with van der Waals surface area (Å²) in [6, 6.07) is 16.9. The SMILES string of the molecule is CCC=CC(C)C1CC=C(F)C2=C1c1ncc(-c3ccccc3)c3cccc(c13)C2(C)C. The Kier molecular flexibility index (Phi) is 5.12. The minimum atomic E-state index is -0.424. The average Bonchev–Trinajstić information content (AvgIpc) is 2.81. The molecule has 0 fully saturated rings. The maximum atomic E-state index is 15.5. The number of nitrogens with zero attached hydrogens (tertiary/aromatic N) is 1. The van der Waals surface area contributed by atoms with Crippen LogP contribution in [0.1, 0.15) is 51.8 Å². The summed E-state index contributed by atoms with van der Waals surface area (Å²) in [5.74, 6) is 0.457. The lowest BCUT2D eigenvalue weighted by atomic mass is 9.63. The predicted molar refractivity (Wildman–Crippen MR) is 133 cm³/mol. The van der Waals surface area contributed by atoms with E-state index in [1.807, 2.05) is 12.3 Å². The summed E-state index contributed by atoms with van der Waals surface area (Å²) in [7, 11) is 0. The van der Waals surface area contributed by atoms with E-state index in [1.165, 1.54) is 10.8 Å². The summed E-state index contributed by atoms with van der Waals surface area (Å²) in [6.07, 6.45) is 10.0. The van der Waals surface area contributed by atoms with Gasteiger partial charge >= 0.3 is 0 Å². The maximum absolute atomic E-state index is 15.5. The van der Waals surface area contributed by atoms with Crippen molar-refractivity contribution in [1.29, 1.82) is 0 Å². The molecule has 0 aliphatic heterocycles. The topological polar surface area (TPSA) is 12.9 Å². The van der Waals surface area contributed by atoms with E-state index in [0.717, 1.165) is 40.0 Å². The van der Waals surface area contributed by atoms with Crippen LogP contribution < -0.4 is 0 Å². The van der Waals surface area contributed by atoms with Crippen molar-refractivity contribution in [2.75, 3.05) is 0 Å². The van der Waals surface area contributed by atoms with Gasteiger partial charge in [-0.3, -0.25) is 4.98 Å². The van der Waals surface area contributed by atoms with Crippen molar-refractivity contribution in [3.63, 3.8) is 0 Å². The summed E-state index contributed by atoms with van der Waals surface area (Å²) in [5, 5.41) is 2.38. The Hall–Kier alpha value is -3.00. The highest BCUT2D eigenvalue weighted by molar-refractivity contribution is 6.06. The van der Waals surface area contributed by atoms with Crippen molar-refractivity contribution in [3.05, 3.63) is 95.6 Å². The van der Waals surface area contributed by atoms with Crippen LogP contribution in [0.3, 0.4) is 0 Å². The predicted octanol–water partition coefficient (Wildman–Crippen LogP) is 8.42. The van der Waals surface area contributed by atoms with Gasteiger partial charge in [-0.25, -0.2) is 4.39 Å². The van der Waals surface area contributed by atoms with E-state index >= 15 is 4.39 Å². The lowest BCUT2D eigenvalue weighted by Crippen LogP contribution is -2.31. The van der Waals surface area contributed by atoms with Gasteiger partial charge in [-0.15, -0.1) is 0 Å². The number of aromatic nitrogens is 1. The summed E-state index contributed by atoms with van der Waals surface area (Å²) in [5.41, 5.74) is 5.92. The Bertz CT molecular complexity index is 1280. The lowest BCUT2D eigenvalue weighted by Gasteiger charge is -2.41. The number of benzene rings is 2. The van der Waals surface area contributed by atoms with Gasteiger partial charge < -0.3 is 0 Å². The molecule has 32 heavy (non-hydrogen) atoms. The second-order valence-corrected chi connectivity index (χ2v) is 9.62. The third kappa shape index (κ3) is 3.08. The molecule has 2 aliphatic rings. The molecule has 2 aromatic carbocycles. The van der Waals surface area contributed by atoms with E-state index in [4.69, 9.17) is 4.98 Å². The molecule has 162 valence electrons. The van der Waals surface area contributed by atoms with Crippen LogP contribution in [-0.2, 0) is 5.41 Å².